The molecule has 0 aliphatic carbocycles. The molecule has 3 rings (SSSR count). The highest BCUT2D eigenvalue weighted by Gasteiger charge is 2.36. The lowest BCUT2D eigenvalue weighted by Crippen LogP contribution is -2.29. The Bertz CT molecular complexity index is 903. The van der Waals surface area contributed by atoms with Crippen LogP contribution in [0.2, 0.25) is 0 Å². The van der Waals surface area contributed by atoms with E-state index in [1.165, 1.54) is 6.07 Å². The van der Waals surface area contributed by atoms with Crippen LogP contribution in [-0.2, 0) is 10.0 Å². The van der Waals surface area contributed by atoms with Gasteiger partial charge in [-0.2, -0.15) is 0 Å². The van der Waals surface area contributed by atoms with Crippen molar-refractivity contribution in [3.05, 3.63) is 59.7 Å². The van der Waals surface area contributed by atoms with Gasteiger partial charge in [-0.15, -0.1) is 0 Å². The van der Waals surface area contributed by atoms with E-state index in [0.29, 0.717) is 28.9 Å². The summed E-state index contributed by atoms with van der Waals surface area (Å²) in [5, 5.41) is 0. The first-order valence-electron chi connectivity index (χ1n) is 8.01. The number of carbonyl (C=O) groups is 2. The van der Waals surface area contributed by atoms with Crippen molar-refractivity contribution >= 4 is 33.2 Å². The van der Waals surface area contributed by atoms with Crippen molar-refractivity contribution in [2.24, 2.45) is 0 Å². The van der Waals surface area contributed by atoms with E-state index < -0.39 is 21.8 Å². The molecule has 2 aromatic carbocycles. The molecule has 0 fully saturated rings. The molecule has 0 radical (unpaired) electrons. The van der Waals surface area contributed by atoms with Crippen LogP contribution >= 0.6 is 0 Å². The molecule has 0 bridgehead atoms. The average molecular weight is 358 g/mol. The zero-order valence-electron chi connectivity index (χ0n) is 13.7. The number of imide groups is 1. The smallest absolute Gasteiger partial charge is 0.266 e. The summed E-state index contributed by atoms with van der Waals surface area (Å²) >= 11 is 0. The predicted octanol–water partition coefficient (Wildman–Crippen LogP) is 3.03. The van der Waals surface area contributed by atoms with E-state index in [9.17, 15) is 18.0 Å². The Morgan fingerprint density at radius 3 is 2.20 bits per heavy atom. The zero-order chi connectivity index (χ0) is 18.0. The molecule has 1 heterocycles. The Morgan fingerprint density at radius 1 is 0.960 bits per heavy atom. The Hall–Kier alpha value is -2.67. The lowest BCUT2D eigenvalue weighted by atomic mass is 10.1. The molecule has 1 aliphatic heterocycles. The first-order chi connectivity index (χ1) is 11.9. The van der Waals surface area contributed by atoms with Gasteiger partial charge in [0.15, 0.2) is 0 Å². The van der Waals surface area contributed by atoms with Crippen molar-refractivity contribution in [1.82, 2.24) is 0 Å². The van der Waals surface area contributed by atoms with Crippen LogP contribution in [0.3, 0.4) is 0 Å². The Labute approximate surface area is 146 Å². The summed E-state index contributed by atoms with van der Waals surface area (Å²) in [6.45, 7) is 1.92. The number of nitrogens with one attached hydrogen (secondary N) is 1. The van der Waals surface area contributed by atoms with Crippen LogP contribution in [-0.4, -0.2) is 26.0 Å². The lowest BCUT2D eigenvalue weighted by Gasteiger charge is -2.15. The van der Waals surface area contributed by atoms with E-state index in [1.54, 1.807) is 42.5 Å². The Kier molecular flexibility index (Phi) is 4.59. The molecule has 0 aromatic heterocycles. The van der Waals surface area contributed by atoms with Crippen LogP contribution in [0.4, 0.5) is 11.4 Å². The predicted molar refractivity (Wildman–Crippen MR) is 96.3 cm³/mol. The number of anilines is 2. The molecule has 130 valence electrons. The molecule has 0 saturated carbocycles. The van der Waals surface area contributed by atoms with Gasteiger partial charge in [-0.1, -0.05) is 31.5 Å². The number of fused-ring (bicyclic) bond motifs is 1. The molecular formula is C18H18N2O4S. The van der Waals surface area contributed by atoms with Crippen LogP contribution in [0, 0.1) is 0 Å². The molecule has 0 atom stereocenters. The summed E-state index contributed by atoms with van der Waals surface area (Å²) in [6.07, 6.45) is 1.34. The second-order valence-electron chi connectivity index (χ2n) is 5.82. The third-order valence-electron chi connectivity index (χ3n) is 3.94. The van der Waals surface area contributed by atoms with Gasteiger partial charge >= 0.3 is 0 Å². The minimum absolute atomic E-state index is 0.0285. The number of amides is 2. The van der Waals surface area contributed by atoms with Crippen LogP contribution in [0.1, 0.15) is 40.5 Å². The average Bonchev–Trinajstić information content (AvgIpc) is 2.84. The van der Waals surface area contributed by atoms with Gasteiger partial charge in [-0.25, -0.2) is 13.3 Å². The molecule has 2 amide bonds. The highest BCUT2D eigenvalue weighted by Crippen LogP contribution is 2.29. The summed E-state index contributed by atoms with van der Waals surface area (Å²) in [5.41, 5.74) is 1.36. The number of hydrogen-bond acceptors (Lipinski definition) is 4. The van der Waals surface area contributed by atoms with Gasteiger partial charge in [0.25, 0.3) is 11.8 Å². The quantitative estimate of drug-likeness (QED) is 0.805. The number of benzene rings is 2. The van der Waals surface area contributed by atoms with E-state index in [0.717, 1.165) is 11.3 Å². The fourth-order valence-electron chi connectivity index (χ4n) is 2.70. The molecule has 0 saturated heterocycles. The third kappa shape index (κ3) is 3.41. The maximum absolute atomic E-state index is 12.5. The number of sulfonamides is 1. The Morgan fingerprint density at radius 2 is 1.60 bits per heavy atom. The minimum Gasteiger partial charge on any atom is -0.283 e. The van der Waals surface area contributed by atoms with E-state index in [2.05, 4.69) is 4.72 Å². The second kappa shape index (κ2) is 6.68. The van der Waals surface area contributed by atoms with Gasteiger partial charge < -0.3 is 0 Å². The van der Waals surface area contributed by atoms with Crippen molar-refractivity contribution in [2.75, 3.05) is 15.4 Å². The number of hydrogen-bond donors (Lipinski definition) is 1. The molecule has 6 nitrogen and oxygen atoms in total. The Balaban J connectivity index is 1.88. The topological polar surface area (TPSA) is 83.6 Å². The number of nitrogens with zero attached hydrogens (tertiary/aromatic N) is 1. The van der Waals surface area contributed by atoms with Gasteiger partial charge in [0.2, 0.25) is 10.0 Å². The second-order valence-corrected chi connectivity index (χ2v) is 7.66. The van der Waals surface area contributed by atoms with E-state index in [4.69, 9.17) is 0 Å². The van der Waals surface area contributed by atoms with Crippen molar-refractivity contribution in [1.29, 1.82) is 0 Å². The van der Waals surface area contributed by atoms with Gasteiger partial charge in [-0.3, -0.25) is 14.3 Å². The van der Waals surface area contributed by atoms with Crippen molar-refractivity contribution < 1.29 is 18.0 Å². The molecule has 7 heteroatoms. The normalized spacial score (nSPS) is 13.9. The molecule has 25 heavy (non-hydrogen) atoms. The molecule has 1 N–H and O–H groups in total. The maximum Gasteiger partial charge on any atom is 0.266 e. The van der Waals surface area contributed by atoms with Gasteiger partial charge in [0.1, 0.15) is 0 Å². The van der Waals surface area contributed by atoms with E-state index in [1.807, 2.05) is 6.92 Å². The summed E-state index contributed by atoms with van der Waals surface area (Å²) in [5.74, 6) is -0.793. The van der Waals surface area contributed by atoms with Gasteiger partial charge in [0.05, 0.1) is 28.3 Å². The fraction of sp³-hybridized carbons (Fsp3) is 0.222. The molecule has 1 aliphatic rings. The largest absolute Gasteiger partial charge is 0.283 e. The first kappa shape index (κ1) is 17.2. The van der Waals surface area contributed by atoms with Crippen LogP contribution in [0.25, 0.3) is 0 Å². The lowest BCUT2D eigenvalue weighted by molar-refractivity contribution is 0.0926. The number of rotatable bonds is 6. The summed E-state index contributed by atoms with van der Waals surface area (Å²) in [6, 6.07) is 12.9. The molecular weight excluding hydrogens is 340 g/mol. The number of carbonyl (C=O) groups excluding carboxylic acids is 2. The monoisotopic (exact) mass is 358 g/mol. The fourth-order valence-corrected chi connectivity index (χ4v) is 3.95. The van der Waals surface area contributed by atoms with Gasteiger partial charge in [0, 0.05) is 0 Å². The van der Waals surface area contributed by atoms with E-state index >= 15 is 0 Å². The van der Waals surface area contributed by atoms with Crippen molar-refractivity contribution in [3.8, 4) is 0 Å². The zero-order valence-corrected chi connectivity index (χ0v) is 14.5. The van der Waals surface area contributed by atoms with Crippen LogP contribution in [0.5, 0.6) is 0 Å². The summed E-state index contributed by atoms with van der Waals surface area (Å²) in [4.78, 5) is 26.1. The highest BCUT2D eigenvalue weighted by atomic mass is 32.2. The van der Waals surface area contributed by atoms with E-state index in [-0.39, 0.29) is 5.75 Å². The molecule has 2 aromatic rings. The SMILES string of the molecule is CCCCS(=O)(=O)Nc1cccc(N2C(=O)c3ccccc3C2=O)c1. The number of unbranched alkanes of at least 4 members (excludes halogenated alkanes) is 1. The van der Waals surface area contributed by atoms with Crippen LogP contribution < -0.4 is 9.62 Å². The maximum atomic E-state index is 12.5. The van der Waals surface area contributed by atoms with Crippen molar-refractivity contribution in [3.63, 3.8) is 0 Å². The van der Waals surface area contributed by atoms with Crippen molar-refractivity contribution in [2.45, 2.75) is 19.8 Å². The summed E-state index contributed by atoms with van der Waals surface area (Å²) < 4.78 is 26.6. The van der Waals surface area contributed by atoms with Crippen LogP contribution in [0.15, 0.2) is 48.5 Å². The molecule has 0 spiro atoms. The summed E-state index contributed by atoms with van der Waals surface area (Å²) in [7, 11) is -3.46. The highest BCUT2D eigenvalue weighted by molar-refractivity contribution is 7.92. The van der Waals surface area contributed by atoms with Gasteiger partial charge in [-0.05, 0) is 36.8 Å². The standard InChI is InChI=1S/C18H18N2O4S/c1-2-3-11-25(23,24)19-13-7-6-8-14(12-13)20-17(21)15-9-4-5-10-16(15)18(20)22/h4-10,12,19H,2-3,11H2,1H3. The third-order valence-corrected chi connectivity index (χ3v) is 5.31. The molecule has 0 unspecified atom stereocenters. The first-order valence-corrected chi connectivity index (χ1v) is 9.66. The minimum atomic E-state index is -3.46.